The van der Waals surface area contributed by atoms with Gasteiger partial charge < -0.3 is 9.84 Å². The minimum atomic E-state index is -0.882. The number of methoxy groups -OCH3 is 1. The number of carbonyl (C=O) groups is 2. The van der Waals surface area contributed by atoms with E-state index in [1.807, 2.05) is 0 Å². The van der Waals surface area contributed by atoms with Crippen LogP contribution < -0.4 is 9.64 Å². The summed E-state index contributed by atoms with van der Waals surface area (Å²) < 4.78 is 5.40. The van der Waals surface area contributed by atoms with E-state index in [0.29, 0.717) is 22.7 Å². The SMILES string of the molecule is COc1ccccc1N1C(=O)C(=O)/C(=C(\O)c2ccccc2)C1c1ccccn1. The van der Waals surface area contributed by atoms with Gasteiger partial charge in [0.1, 0.15) is 17.6 Å². The van der Waals surface area contributed by atoms with Crippen LogP contribution in [0.2, 0.25) is 0 Å². The summed E-state index contributed by atoms with van der Waals surface area (Å²) in [7, 11) is 1.50. The van der Waals surface area contributed by atoms with Gasteiger partial charge in [0.25, 0.3) is 11.7 Å². The quantitative estimate of drug-likeness (QED) is 0.420. The first kappa shape index (κ1) is 18.4. The van der Waals surface area contributed by atoms with Crippen LogP contribution in [0.15, 0.2) is 84.6 Å². The fraction of sp³-hybridized carbons (Fsp3) is 0.0870. The summed E-state index contributed by atoms with van der Waals surface area (Å²) in [6, 6.07) is 20.0. The average Bonchev–Trinajstić information content (AvgIpc) is 3.05. The number of para-hydroxylation sites is 2. The van der Waals surface area contributed by atoms with E-state index in [1.54, 1.807) is 79.0 Å². The number of hydrogen-bond donors (Lipinski definition) is 1. The molecule has 0 bridgehead atoms. The molecule has 1 aliphatic rings. The maximum Gasteiger partial charge on any atom is 0.300 e. The molecule has 0 aliphatic carbocycles. The van der Waals surface area contributed by atoms with Crippen LogP contribution >= 0.6 is 0 Å². The van der Waals surface area contributed by atoms with Gasteiger partial charge >= 0.3 is 0 Å². The summed E-state index contributed by atoms with van der Waals surface area (Å²) in [6.45, 7) is 0. The molecule has 1 aliphatic heterocycles. The number of pyridine rings is 1. The van der Waals surface area contributed by atoms with E-state index in [2.05, 4.69) is 4.98 Å². The number of amides is 1. The highest BCUT2D eigenvalue weighted by atomic mass is 16.5. The minimum Gasteiger partial charge on any atom is -0.507 e. The monoisotopic (exact) mass is 386 g/mol. The largest absolute Gasteiger partial charge is 0.507 e. The first-order valence-electron chi connectivity index (χ1n) is 9.04. The van der Waals surface area contributed by atoms with Crippen molar-refractivity contribution in [3.05, 3.63) is 95.8 Å². The first-order chi connectivity index (χ1) is 14.1. The van der Waals surface area contributed by atoms with Crippen molar-refractivity contribution in [1.29, 1.82) is 0 Å². The molecule has 2 aromatic carbocycles. The minimum absolute atomic E-state index is 0.00851. The number of aromatic nitrogens is 1. The number of aliphatic hydroxyl groups excluding tert-OH is 1. The van der Waals surface area contributed by atoms with Gasteiger partial charge in [-0.2, -0.15) is 0 Å². The van der Waals surface area contributed by atoms with Crippen LogP contribution in [0.25, 0.3) is 5.76 Å². The first-order valence-corrected chi connectivity index (χ1v) is 9.04. The van der Waals surface area contributed by atoms with E-state index in [0.717, 1.165) is 0 Å². The van der Waals surface area contributed by atoms with Crippen molar-refractivity contribution in [3.63, 3.8) is 0 Å². The normalized spacial score (nSPS) is 18.1. The number of ketones is 1. The van der Waals surface area contributed by atoms with Crippen LogP contribution in [0.5, 0.6) is 5.75 Å². The van der Waals surface area contributed by atoms with Gasteiger partial charge in [0.05, 0.1) is 24.1 Å². The molecule has 0 saturated carbocycles. The van der Waals surface area contributed by atoms with E-state index in [-0.39, 0.29) is 11.3 Å². The molecular weight excluding hydrogens is 368 g/mol. The Morgan fingerprint density at radius 1 is 0.966 bits per heavy atom. The van der Waals surface area contributed by atoms with E-state index in [1.165, 1.54) is 12.0 Å². The number of aliphatic hydroxyl groups is 1. The highest BCUT2D eigenvalue weighted by Crippen LogP contribution is 2.44. The van der Waals surface area contributed by atoms with Gasteiger partial charge in [0.2, 0.25) is 0 Å². The zero-order valence-electron chi connectivity index (χ0n) is 15.6. The number of anilines is 1. The van der Waals surface area contributed by atoms with Crippen molar-refractivity contribution in [3.8, 4) is 5.75 Å². The van der Waals surface area contributed by atoms with Crippen LogP contribution in [0.3, 0.4) is 0 Å². The van der Waals surface area contributed by atoms with Crippen molar-refractivity contribution in [2.24, 2.45) is 0 Å². The fourth-order valence-corrected chi connectivity index (χ4v) is 3.48. The Labute approximate surface area is 167 Å². The molecule has 1 N–H and O–H groups in total. The van der Waals surface area contributed by atoms with Crippen molar-refractivity contribution < 1.29 is 19.4 Å². The Morgan fingerprint density at radius 3 is 2.34 bits per heavy atom. The second-order valence-corrected chi connectivity index (χ2v) is 6.46. The summed E-state index contributed by atoms with van der Waals surface area (Å²) in [4.78, 5) is 31.7. The Kier molecular flexibility index (Phi) is 4.83. The maximum atomic E-state index is 13.1. The second kappa shape index (κ2) is 7.59. The van der Waals surface area contributed by atoms with Crippen LogP contribution in [-0.4, -0.2) is 28.9 Å². The molecule has 4 rings (SSSR count). The molecule has 144 valence electrons. The van der Waals surface area contributed by atoms with E-state index >= 15 is 0 Å². The maximum absolute atomic E-state index is 13.1. The molecule has 29 heavy (non-hydrogen) atoms. The highest BCUT2D eigenvalue weighted by Gasteiger charge is 2.48. The van der Waals surface area contributed by atoms with Gasteiger partial charge in [-0.15, -0.1) is 0 Å². The van der Waals surface area contributed by atoms with Crippen LogP contribution in [0, 0.1) is 0 Å². The number of benzene rings is 2. The number of hydrogen-bond acceptors (Lipinski definition) is 5. The summed E-state index contributed by atoms with van der Waals surface area (Å²) in [5.41, 5.74) is 1.34. The number of nitrogens with zero attached hydrogens (tertiary/aromatic N) is 2. The van der Waals surface area contributed by atoms with Gasteiger partial charge in [-0.25, -0.2) is 0 Å². The zero-order chi connectivity index (χ0) is 20.4. The van der Waals surface area contributed by atoms with Crippen molar-refractivity contribution in [1.82, 2.24) is 4.98 Å². The number of ether oxygens (including phenoxy) is 1. The molecule has 3 aromatic rings. The number of Topliss-reactive ketones (excluding diaryl/α,β-unsaturated/α-hetero) is 1. The van der Waals surface area contributed by atoms with Crippen LogP contribution in [0.4, 0.5) is 5.69 Å². The molecule has 0 spiro atoms. The van der Waals surface area contributed by atoms with Gasteiger partial charge in [-0.05, 0) is 24.3 Å². The molecule has 1 amide bonds. The van der Waals surface area contributed by atoms with Gasteiger partial charge in [0.15, 0.2) is 0 Å². The molecule has 0 radical (unpaired) electrons. The Morgan fingerprint density at radius 2 is 1.66 bits per heavy atom. The summed E-state index contributed by atoms with van der Waals surface area (Å²) in [6.07, 6.45) is 1.58. The number of rotatable bonds is 4. The Hall–Kier alpha value is -3.93. The molecule has 6 heteroatoms. The van der Waals surface area contributed by atoms with Gasteiger partial charge in [0, 0.05) is 11.8 Å². The second-order valence-electron chi connectivity index (χ2n) is 6.46. The summed E-state index contributed by atoms with van der Waals surface area (Å²) in [5.74, 6) is -1.32. The van der Waals surface area contributed by atoms with E-state index < -0.39 is 17.7 Å². The lowest BCUT2D eigenvalue weighted by Crippen LogP contribution is -2.30. The molecule has 1 unspecified atom stereocenters. The van der Waals surface area contributed by atoms with Crippen molar-refractivity contribution in [2.45, 2.75) is 6.04 Å². The van der Waals surface area contributed by atoms with Crippen LogP contribution in [0.1, 0.15) is 17.3 Å². The molecule has 1 aromatic heterocycles. The lowest BCUT2D eigenvalue weighted by atomic mass is 9.98. The molecule has 6 nitrogen and oxygen atoms in total. The predicted molar refractivity (Wildman–Crippen MR) is 108 cm³/mol. The summed E-state index contributed by atoms with van der Waals surface area (Å²) >= 11 is 0. The topological polar surface area (TPSA) is 79.7 Å². The Balaban J connectivity index is 1.97. The standard InChI is InChI=1S/C23H18N2O4/c1-29-18-13-6-5-12-17(18)25-20(16-11-7-8-14-24-16)19(22(27)23(25)28)21(26)15-9-3-2-4-10-15/h2-14,20,26H,1H3/b21-19-. The smallest absolute Gasteiger partial charge is 0.300 e. The highest BCUT2D eigenvalue weighted by molar-refractivity contribution is 6.51. The number of carbonyl (C=O) groups excluding carboxylic acids is 2. The molecule has 2 heterocycles. The third kappa shape index (κ3) is 3.14. The summed E-state index contributed by atoms with van der Waals surface area (Å²) in [5, 5.41) is 11.0. The average molecular weight is 386 g/mol. The lowest BCUT2D eigenvalue weighted by Gasteiger charge is -2.25. The van der Waals surface area contributed by atoms with Crippen molar-refractivity contribution >= 4 is 23.1 Å². The van der Waals surface area contributed by atoms with Gasteiger partial charge in [-0.1, -0.05) is 48.5 Å². The molecular formula is C23H18N2O4. The lowest BCUT2D eigenvalue weighted by molar-refractivity contribution is -0.132. The third-order valence-corrected chi connectivity index (χ3v) is 4.80. The predicted octanol–water partition coefficient (Wildman–Crippen LogP) is 3.72. The van der Waals surface area contributed by atoms with Gasteiger partial charge in [-0.3, -0.25) is 19.5 Å². The zero-order valence-corrected chi connectivity index (χ0v) is 15.6. The molecule has 1 saturated heterocycles. The molecule has 1 atom stereocenters. The van der Waals surface area contributed by atoms with Crippen LogP contribution in [-0.2, 0) is 9.59 Å². The van der Waals surface area contributed by atoms with Crippen molar-refractivity contribution in [2.75, 3.05) is 12.0 Å². The van der Waals surface area contributed by atoms with E-state index in [9.17, 15) is 14.7 Å². The third-order valence-electron chi connectivity index (χ3n) is 4.80. The Bertz CT molecular complexity index is 1090. The van der Waals surface area contributed by atoms with E-state index in [4.69, 9.17) is 4.74 Å². The molecule has 1 fully saturated rings. The fourth-order valence-electron chi connectivity index (χ4n) is 3.48.